The summed E-state index contributed by atoms with van der Waals surface area (Å²) in [6.45, 7) is 6.75. The molecule has 2 rings (SSSR count). The molecule has 2 N–H and O–H groups in total. The molecule has 0 saturated carbocycles. The van der Waals surface area contributed by atoms with Crippen molar-refractivity contribution in [3.05, 3.63) is 40.5 Å². The quantitative estimate of drug-likeness (QED) is 0.769. The summed E-state index contributed by atoms with van der Waals surface area (Å²) in [5.41, 5.74) is 4.09. The molecule has 1 aliphatic rings. The maximum absolute atomic E-state index is 12.2. The smallest absolute Gasteiger partial charge is 0.257 e. The largest absolute Gasteiger partial charge is 0.312 e. The van der Waals surface area contributed by atoms with E-state index in [0.717, 1.165) is 29.4 Å². The van der Waals surface area contributed by atoms with Crippen molar-refractivity contribution in [3.63, 3.8) is 0 Å². The van der Waals surface area contributed by atoms with Crippen LogP contribution in [0.5, 0.6) is 0 Å². The summed E-state index contributed by atoms with van der Waals surface area (Å²) in [5, 5.41) is 0. The number of halogens is 1. The van der Waals surface area contributed by atoms with Crippen molar-refractivity contribution in [1.82, 2.24) is 10.3 Å². The molecule has 122 valence electrons. The molecule has 0 amide bonds. The van der Waals surface area contributed by atoms with Gasteiger partial charge in [-0.1, -0.05) is 42.8 Å². The summed E-state index contributed by atoms with van der Waals surface area (Å²) in [4.78, 5) is 2.70. The highest BCUT2D eigenvalue weighted by Gasteiger charge is 2.26. The number of hydrogen-bond donors (Lipinski definition) is 2. The maximum Gasteiger partial charge on any atom is 0.257 e. The molecule has 0 aliphatic heterocycles. The van der Waals surface area contributed by atoms with E-state index in [0.29, 0.717) is 11.3 Å². The van der Waals surface area contributed by atoms with E-state index in [9.17, 15) is 8.42 Å². The van der Waals surface area contributed by atoms with E-state index < -0.39 is 10.0 Å². The summed E-state index contributed by atoms with van der Waals surface area (Å²) in [5.74, 6) is 0.640. The van der Waals surface area contributed by atoms with E-state index in [1.54, 1.807) is 24.3 Å². The van der Waals surface area contributed by atoms with Crippen LogP contribution in [0.25, 0.3) is 0 Å². The Morgan fingerprint density at radius 2 is 1.82 bits per heavy atom. The Balaban J connectivity index is 1.96. The molecule has 0 heterocycles. The number of hydrazine groups is 1. The number of hydrogen-bond acceptors (Lipinski definition) is 3. The molecule has 0 aromatic heterocycles. The normalized spacial score (nSPS) is 19.6. The highest BCUT2D eigenvalue weighted by molar-refractivity contribution is 9.10. The van der Waals surface area contributed by atoms with E-state index in [1.807, 2.05) is 0 Å². The highest BCUT2D eigenvalue weighted by atomic mass is 79.9. The number of sulfonamides is 1. The van der Waals surface area contributed by atoms with Crippen LogP contribution in [-0.4, -0.2) is 8.42 Å². The SMILES string of the molecule is CC(C)(C)C1CC=C(NNS(=O)(=O)c2ccc(Br)cc2)CC1. The molecule has 1 aromatic rings. The van der Waals surface area contributed by atoms with Gasteiger partial charge in [0, 0.05) is 10.2 Å². The van der Waals surface area contributed by atoms with Gasteiger partial charge < -0.3 is 5.43 Å². The van der Waals surface area contributed by atoms with E-state index >= 15 is 0 Å². The molecule has 1 unspecified atom stereocenters. The molecular formula is C16H23BrN2O2S. The lowest BCUT2D eigenvalue weighted by Crippen LogP contribution is -2.38. The van der Waals surface area contributed by atoms with Crippen LogP contribution in [0.15, 0.2) is 45.4 Å². The zero-order valence-electron chi connectivity index (χ0n) is 13.2. The van der Waals surface area contributed by atoms with Crippen LogP contribution in [0.3, 0.4) is 0 Å². The van der Waals surface area contributed by atoms with Gasteiger partial charge >= 0.3 is 0 Å². The molecule has 6 heteroatoms. The Hall–Kier alpha value is -0.850. The number of allylic oxidation sites excluding steroid dienone is 2. The fraction of sp³-hybridized carbons (Fsp3) is 0.500. The van der Waals surface area contributed by atoms with Gasteiger partial charge in [0.2, 0.25) is 0 Å². The molecule has 1 aliphatic carbocycles. The van der Waals surface area contributed by atoms with Crippen molar-refractivity contribution in [2.24, 2.45) is 11.3 Å². The average molecular weight is 387 g/mol. The van der Waals surface area contributed by atoms with Crippen LogP contribution in [0, 0.1) is 11.3 Å². The zero-order chi connectivity index (χ0) is 16.4. The first-order chi connectivity index (χ1) is 10.2. The van der Waals surface area contributed by atoms with Gasteiger partial charge in [0.1, 0.15) is 0 Å². The van der Waals surface area contributed by atoms with Crippen LogP contribution in [0.2, 0.25) is 0 Å². The van der Waals surface area contributed by atoms with Crippen molar-refractivity contribution < 1.29 is 8.42 Å². The Kier molecular flexibility index (Phi) is 5.35. The van der Waals surface area contributed by atoms with Gasteiger partial charge in [0.05, 0.1) is 4.90 Å². The van der Waals surface area contributed by atoms with Crippen molar-refractivity contribution in [2.45, 2.75) is 44.9 Å². The zero-order valence-corrected chi connectivity index (χ0v) is 15.6. The van der Waals surface area contributed by atoms with E-state index in [4.69, 9.17) is 0 Å². The van der Waals surface area contributed by atoms with Gasteiger partial charge in [-0.3, -0.25) is 0 Å². The second-order valence-electron chi connectivity index (χ2n) is 6.75. The van der Waals surface area contributed by atoms with Crippen LogP contribution < -0.4 is 10.3 Å². The first-order valence-electron chi connectivity index (χ1n) is 7.41. The maximum atomic E-state index is 12.2. The van der Waals surface area contributed by atoms with Gasteiger partial charge in [-0.05, 0) is 54.9 Å². The molecular weight excluding hydrogens is 364 g/mol. The number of rotatable bonds is 4. The fourth-order valence-electron chi connectivity index (χ4n) is 2.54. The third kappa shape index (κ3) is 4.57. The summed E-state index contributed by atoms with van der Waals surface area (Å²) in [7, 11) is -3.54. The van der Waals surface area contributed by atoms with Crippen molar-refractivity contribution in [2.75, 3.05) is 0 Å². The lowest BCUT2D eigenvalue weighted by Gasteiger charge is -2.33. The number of nitrogens with one attached hydrogen (secondary N) is 2. The van der Waals surface area contributed by atoms with Crippen molar-refractivity contribution in [1.29, 1.82) is 0 Å². The minimum Gasteiger partial charge on any atom is -0.312 e. The van der Waals surface area contributed by atoms with Gasteiger partial charge in [-0.25, -0.2) is 8.42 Å². The highest BCUT2D eigenvalue weighted by Crippen LogP contribution is 2.36. The molecule has 1 atom stereocenters. The second kappa shape index (κ2) is 6.72. The minimum absolute atomic E-state index is 0.243. The third-order valence-electron chi connectivity index (χ3n) is 4.11. The monoisotopic (exact) mass is 386 g/mol. The van der Waals surface area contributed by atoms with E-state index in [-0.39, 0.29) is 4.90 Å². The first-order valence-corrected chi connectivity index (χ1v) is 9.68. The van der Waals surface area contributed by atoms with E-state index in [2.05, 4.69) is 53.0 Å². The molecule has 1 aromatic carbocycles. The standard InChI is InChI=1S/C16H23BrN2O2S/c1-16(2,3)12-4-8-14(9-5-12)18-19-22(20,21)15-10-6-13(17)7-11-15/h6-8,10-12,18-19H,4-5,9H2,1-3H3. The molecule has 0 spiro atoms. The summed E-state index contributed by atoms with van der Waals surface area (Å²) in [6, 6.07) is 6.56. The predicted octanol–water partition coefficient (Wildman–Crippen LogP) is 3.96. The Labute approximate surface area is 141 Å². The van der Waals surface area contributed by atoms with Crippen LogP contribution in [-0.2, 0) is 10.0 Å². The summed E-state index contributed by atoms with van der Waals surface area (Å²) >= 11 is 3.30. The first kappa shape index (κ1) is 17.5. The predicted molar refractivity (Wildman–Crippen MR) is 92.5 cm³/mol. The van der Waals surface area contributed by atoms with E-state index in [1.165, 1.54) is 0 Å². The lowest BCUT2D eigenvalue weighted by atomic mass is 9.74. The van der Waals surface area contributed by atoms with Crippen LogP contribution >= 0.6 is 15.9 Å². The fourth-order valence-corrected chi connectivity index (χ4v) is 3.68. The molecule has 22 heavy (non-hydrogen) atoms. The van der Waals surface area contributed by atoms with Gasteiger partial charge in [0.15, 0.2) is 0 Å². The van der Waals surface area contributed by atoms with Crippen molar-refractivity contribution in [3.8, 4) is 0 Å². The molecule has 0 saturated heterocycles. The van der Waals surface area contributed by atoms with Gasteiger partial charge in [-0.2, -0.15) is 0 Å². The van der Waals surface area contributed by atoms with Crippen molar-refractivity contribution >= 4 is 26.0 Å². The number of benzene rings is 1. The van der Waals surface area contributed by atoms with Gasteiger partial charge in [-0.15, -0.1) is 4.83 Å². The molecule has 4 nitrogen and oxygen atoms in total. The van der Waals surface area contributed by atoms with Crippen LogP contribution in [0.4, 0.5) is 0 Å². The average Bonchev–Trinajstić information content (AvgIpc) is 2.45. The minimum atomic E-state index is -3.54. The second-order valence-corrected chi connectivity index (χ2v) is 9.35. The summed E-state index contributed by atoms with van der Waals surface area (Å²) < 4.78 is 25.2. The molecule has 0 fully saturated rings. The third-order valence-corrected chi connectivity index (χ3v) is 5.90. The summed E-state index contributed by atoms with van der Waals surface area (Å²) in [6.07, 6.45) is 5.02. The Morgan fingerprint density at radius 1 is 1.18 bits per heavy atom. The topological polar surface area (TPSA) is 58.2 Å². The van der Waals surface area contributed by atoms with Crippen LogP contribution in [0.1, 0.15) is 40.0 Å². The Bertz CT molecular complexity index is 646. The Morgan fingerprint density at radius 3 is 2.32 bits per heavy atom. The lowest BCUT2D eigenvalue weighted by molar-refractivity contribution is 0.218. The molecule has 0 radical (unpaired) electrons. The van der Waals surface area contributed by atoms with Gasteiger partial charge in [0.25, 0.3) is 10.0 Å². The molecule has 0 bridgehead atoms.